The van der Waals surface area contributed by atoms with Crippen LogP contribution in [0.25, 0.3) is 0 Å². The number of halogens is 3. The second kappa shape index (κ2) is 4.51. The van der Waals surface area contributed by atoms with Crippen LogP contribution in [-0.2, 0) is 4.74 Å². The maximum atomic E-state index is 12.0. The van der Waals surface area contributed by atoms with Crippen molar-refractivity contribution in [2.24, 2.45) is 0 Å². The van der Waals surface area contributed by atoms with Crippen LogP contribution >= 0.6 is 0 Å². The lowest BCUT2D eigenvalue weighted by molar-refractivity contribution is -0.146. The van der Waals surface area contributed by atoms with Gasteiger partial charge in [-0.15, -0.1) is 0 Å². The average molecular weight is 208 g/mol. The minimum absolute atomic E-state index is 0.324. The topological polar surface area (TPSA) is 36.3 Å². The molecular formula is C8H11F3N2O. The standard InChI is InChI=1S/C8H11F3N2O/c9-8(10,11)5-13(6-12)7-1-3-14-4-2-7/h7H,1-5H2. The number of nitrogens with zero attached hydrogens (tertiary/aromatic N) is 2. The van der Waals surface area contributed by atoms with Gasteiger partial charge in [0, 0.05) is 19.3 Å². The zero-order chi connectivity index (χ0) is 10.6. The number of nitriles is 1. The number of alkyl halides is 3. The van der Waals surface area contributed by atoms with Crippen LogP contribution in [0.3, 0.4) is 0 Å². The molecular weight excluding hydrogens is 197 g/mol. The van der Waals surface area contributed by atoms with Crippen LogP contribution in [0.4, 0.5) is 13.2 Å². The van der Waals surface area contributed by atoms with Crippen molar-refractivity contribution in [1.82, 2.24) is 4.90 Å². The molecule has 80 valence electrons. The van der Waals surface area contributed by atoms with E-state index in [-0.39, 0.29) is 6.04 Å². The predicted molar refractivity (Wildman–Crippen MR) is 42.2 cm³/mol. The molecule has 1 aliphatic heterocycles. The summed E-state index contributed by atoms with van der Waals surface area (Å²) in [5, 5.41) is 8.58. The van der Waals surface area contributed by atoms with Crippen LogP contribution in [0.5, 0.6) is 0 Å². The van der Waals surface area contributed by atoms with Crippen molar-refractivity contribution in [2.45, 2.75) is 25.1 Å². The third-order valence-electron chi connectivity index (χ3n) is 2.11. The van der Waals surface area contributed by atoms with Crippen molar-refractivity contribution < 1.29 is 17.9 Å². The van der Waals surface area contributed by atoms with E-state index in [1.807, 2.05) is 0 Å². The molecule has 1 fully saturated rings. The van der Waals surface area contributed by atoms with E-state index in [1.54, 1.807) is 6.19 Å². The molecule has 0 saturated carbocycles. The van der Waals surface area contributed by atoms with Gasteiger partial charge in [-0.05, 0) is 12.8 Å². The van der Waals surface area contributed by atoms with Crippen LogP contribution in [0.2, 0.25) is 0 Å². The minimum atomic E-state index is -4.31. The second-order valence-electron chi connectivity index (χ2n) is 3.19. The molecule has 0 atom stereocenters. The smallest absolute Gasteiger partial charge is 0.381 e. The molecule has 0 amide bonds. The Bertz CT molecular complexity index is 218. The van der Waals surface area contributed by atoms with Gasteiger partial charge in [0.05, 0.1) is 0 Å². The SMILES string of the molecule is N#CN(CC(F)(F)F)C1CCOCC1. The Labute approximate surface area is 80.1 Å². The van der Waals surface area contributed by atoms with E-state index < -0.39 is 12.7 Å². The minimum Gasteiger partial charge on any atom is -0.381 e. The lowest BCUT2D eigenvalue weighted by atomic mass is 10.1. The summed E-state index contributed by atoms with van der Waals surface area (Å²) in [6, 6.07) is -0.324. The molecule has 6 heteroatoms. The highest BCUT2D eigenvalue weighted by molar-refractivity contribution is 4.85. The Morgan fingerprint density at radius 2 is 1.93 bits per heavy atom. The van der Waals surface area contributed by atoms with Gasteiger partial charge in [-0.25, -0.2) is 0 Å². The second-order valence-corrected chi connectivity index (χ2v) is 3.19. The maximum absolute atomic E-state index is 12.0. The fraction of sp³-hybridized carbons (Fsp3) is 0.875. The summed E-state index contributed by atoms with van der Waals surface area (Å²) in [4.78, 5) is 0.794. The predicted octanol–water partition coefficient (Wildman–Crippen LogP) is 1.51. The van der Waals surface area contributed by atoms with Crippen LogP contribution in [0, 0.1) is 11.5 Å². The van der Waals surface area contributed by atoms with Crippen molar-refractivity contribution >= 4 is 0 Å². The van der Waals surface area contributed by atoms with E-state index >= 15 is 0 Å². The molecule has 0 aromatic heterocycles. The molecule has 0 spiro atoms. The first-order valence-corrected chi connectivity index (χ1v) is 4.34. The largest absolute Gasteiger partial charge is 0.406 e. The monoisotopic (exact) mass is 208 g/mol. The summed E-state index contributed by atoms with van der Waals surface area (Å²) in [6.07, 6.45) is -1.75. The summed E-state index contributed by atoms with van der Waals surface area (Å²) < 4.78 is 41.1. The molecule has 0 unspecified atom stereocenters. The van der Waals surface area contributed by atoms with E-state index in [2.05, 4.69) is 0 Å². The summed E-state index contributed by atoms with van der Waals surface area (Å²) >= 11 is 0. The van der Waals surface area contributed by atoms with Crippen molar-refractivity contribution in [2.75, 3.05) is 19.8 Å². The van der Waals surface area contributed by atoms with Gasteiger partial charge in [-0.3, -0.25) is 4.90 Å². The molecule has 0 aromatic carbocycles. The Morgan fingerprint density at radius 1 is 1.36 bits per heavy atom. The lowest BCUT2D eigenvalue weighted by Gasteiger charge is -2.30. The third kappa shape index (κ3) is 3.42. The Kier molecular flexibility index (Phi) is 3.58. The average Bonchev–Trinajstić information content (AvgIpc) is 2.14. The van der Waals surface area contributed by atoms with E-state index in [0.717, 1.165) is 4.90 Å². The third-order valence-corrected chi connectivity index (χ3v) is 2.11. The number of hydrogen-bond donors (Lipinski definition) is 0. The molecule has 1 aliphatic rings. The van der Waals surface area contributed by atoms with Gasteiger partial charge in [0.2, 0.25) is 0 Å². The van der Waals surface area contributed by atoms with E-state index in [4.69, 9.17) is 10.00 Å². The first kappa shape index (κ1) is 11.1. The normalized spacial score (nSPS) is 19.0. The van der Waals surface area contributed by atoms with E-state index in [1.165, 1.54) is 0 Å². The number of ether oxygens (including phenoxy) is 1. The first-order chi connectivity index (χ1) is 6.53. The van der Waals surface area contributed by atoms with Crippen LogP contribution in [0.15, 0.2) is 0 Å². The van der Waals surface area contributed by atoms with Crippen LogP contribution in [0.1, 0.15) is 12.8 Å². The zero-order valence-corrected chi connectivity index (χ0v) is 7.55. The molecule has 0 radical (unpaired) electrons. The Morgan fingerprint density at radius 3 is 2.36 bits per heavy atom. The number of rotatable bonds is 2. The van der Waals surface area contributed by atoms with E-state index in [0.29, 0.717) is 26.1 Å². The van der Waals surface area contributed by atoms with Gasteiger partial charge in [0.1, 0.15) is 6.54 Å². The van der Waals surface area contributed by atoms with Gasteiger partial charge in [-0.2, -0.15) is 18.4 Å². The molecule has 14 heavy (non-hydrogen) atoms. The summed E-state index contributed by atoms with van der Waals surface area (Å²) in [7, 11) is 0. The van der Waals surface area contributed by atoms with Crippen molar-refractivity contribution in [3.63, 3.8) is 0 Å². The van der Waals surface area contributed by atoms with Gasteiger partial charge in [0.15, 0.2) is 6.19 Å². The quantitative estimate of drug-likeness (QED) is 0.509. The van der Waals surface area contributed by atoms with Crippen molar-refractivity contribution in [3.05, 3.63) is 0 Å². The fourth-order valence-corrected chi connectivity index (χ4v) is 1.44. The highest BCUT2D eigenvalue weighted by Gasteiger charge is 2.34. The Balaban J connectivity index is 2.49. The maximum Gasteiger partial charge on any atom is 0.406 e. The van der Waals surface area contributed by atoms with Gasteiger partial charge in [0.25, 0.3) is 0 Å². The van der Waals surface area contributed by atoms with Gasteiger partial charge < -0.3 is 4.74 Å². The summed E-state index contributed by atoms with van der Waals surface area (Å²) in [5.74, 6) is 0. The molecule has 1 rings (SSSR count). The first-order valence-electron chi connectivity index (χ1n) is 4.34. The molecule has 0 aliphatic carbocycles. The highest BCUT2D eigenvalue weighted by Crippen LogP contribution is 2.21. The lowest BCUT2D eigenvalue weighted by Crippen LogP contribution is -2.41. The van der Waals surface area contributed by atoms with Crippen molar-refractivity contribution in [3.8, 4) is 6.19 Å². The summed E-state index contributed by atoms with van der Waals surface area (Å²) in [5.41, 5.74) is 0. The van der Waals surface area contributed by atoms with E-state index in [9.17, 15) is 13.2 Å². The summed E-state index contributed by atoms with van der Waals surface area (Å²) in [6.45, 7) is -0.296. The Hall–Kier alpha value is -0.960. The van der Waals surface area contributed by atoms with Gasteiger partial charge in [-0.1, -0.05) is 0 Å². The highest BCUT2D eigenvalue weighted by atomic mass is 19.4. The molecule has 1 heterocycles. The molecule has 0 N–H and O–H groups in total. The zero-order valence-electron chi connectivity index (χ0n) is 7.55. The molecule has 1 saturated heterocycles. The molecule has 0 aromatic rings. The van der Waals surface area contributed by atoms with Crippen LogP contribution in [-0.4, -0.2) is 36.9 Å². The number of hydrogen-bond acceptors (Lipinski definition) is 3. The molecule has 0 bridgehead atoms. The van der Waals surface area contributed by atoms with Crippen LogP contribution < -0.4 is 0 Å². The van der Waals surface area contributed by atoms with Crippen molar-refractivity contribution in [1.29, 1.82) is 5.26 Å². The van der Waals surface area contributed by atoms with Gasteiger partial charge >= 0.3 is 6.18 Å². The fourth-order valence-electron chi connectivity index (χ4n) is 1.44. The molecule has 3 nitrogen and oxygen atoms in total.